The van der Waals surface area contributed by atoms with Gasteiger partial charge in [-0.05, 0) is 45.4 Å². The van der Waals surface area contributed by atoms with Gasteiger partial charge in [0.15, 0.2) is 0 Å². The number of aryl methyl sites for hydroxylation is 1. The van der Waals surface area contributed by atoms with Crippen LogP contribution in [0.15, 0.2) is 22.6 Å². The number of hydrogen-bond donors (Lipinski definition) is 0. The van der Waals surface area contributed by atoms with E-state index in [0.717, 1.165) is 18.3 Å². The van der Waals surface area contributed by atoms with Gasteiger partial charge < -0.3 is 4.42 Å². The second-order valence-electron chi connectivity index (χ2n) is 6.00. The summed E-state index contributed by atoms with van der Waals surface area (Å²) < 4.78 is 32.3. The van der Waals surface area contributed by atoms with Gasteiger partial charge in [0.05, 0.1) is 5.69 Å². The van der Waals surface area contributed by atoms with Crippen molar-refractivity contribution in [2.24, 2.45) is 0 Å². The molecule has 1 aromatic heterocycles. The average molecular weight is 306 g/mol. The van der Waals surface area contributed by atoms with Crippen LogP contribution in [0, 0.1) is 18.6 Å². The quantitative estimate of drug-likeness (QED) is 0.846. The molecule has 1 fully saturated rings. The standard InChI is InChI=1S/C17H20F2N2O/c1-11-5-3-4-6-21(11)10-16-12(2)22-17(20-16)13-7-14(18)9-15(19)8-13/h7-9,11H,3-6,10H2,1-2H3. The van der Waals surface area contributed by atoms with E-state index < -0.39 is 11.6 Å². The van der Waals surface area contributed by atoms with Crippen molar-refractivity contribution >= 4 is 0 Å². The summed E-state index contributed by atoms with van der Waals surface area (Å²) in [5, 5.41) is 0. The smallest absolute Gasteiger partial charge is 0.226 e. The van der Waals surface area contributed by atoms with Crippen molar-refractivity contribution in [2.45, 2.75) is 45.7 Å². The molecule has 0 spiro atoms. The van der Waals surface area contributed by atoms with Gasteiger partial charge in [0.2, 0.25) is 5.89 Å². The van der Waals surface area contributed by atoms with E-state index in [1.54, 1.807) is 0 Å². The van der Waals surface area contributed by atoms with Gasteiger partial charge in [-0.25, -0.2) is 13.8 Å². The van der Waals surface area contributed by atoms with Crippen molar-refractivity contribution in [1.82, 2.24) is 9.88 Å². The minimum Gasteiger partial charge on any atom is -0.441 e. The van der Waals surface area contributed by atoms with Crippen LogP contribution in [-0.4, -0.2) is 22.5 Å². The Bertz CT molecular complexity index is 648. The number of oxazole rings is 1. The van der Waals surface area contributed by atoms with Crippen molar-refractivity contribution in [1.29, 1.82) is 0 Å². The fourth-order valence-corrected chi connectivity index (χ4v) is 2.96. The molecule has 1 unspecified atom stereocenters. The molecular weight excluding hydrogens is 286 g/mol. The lowest BCUT2D eigenvalue weighted by Crippen LogP contribution is -2.37. The van der Waals surface area contributed by atoms with E-state index in [0.29, 0.717) is 23.9 Å². The minimum absolute atomic E-state index is 0.274. The Morgan fingerprint density at radius 3 is 2.64 bits per heavy atom. The molecule has 1 aliphatic rings. The Morgan fingerprint density at radius 2 is 1.95 bits per heavy atom. The first-order valence-electron chi connectivity index (χ1n) is 7.70. The maximum Gasteiger partial charge on any atom is 0.226 e. The molecule has 1 aliphatic heterocycles. The molecule has 1 atom stereocenters. The van der Waals surface area contributed by atoms with Gasteiger partial charge in [0, 0.05) is 24.2 Å². The lowest BCUT2D eigenvalue weighted by Gasteiger charge is -2.32. The van der Waals surface area contributed by atoms with Crippen molar-refractivity contribution in [3.8, 4) is 11.5 Å². The summed E-state index contributed by atoms with van der Waals surface area (Å²) >= 11 is 0. The molecule has 0 N–H and O–H groups in total. The van der Waals surface area contributed by atoms with Crippen LogP contribution in [0.4, 0.5) is 8.78 Å². The highest BCUT2D eigenvalue weighted by molar-refractivity contribution is 5.53. The van der Waals surface area contributed by atoms with Gasteiger partial charge in [-0.15, -0.1) is 0 Å². The topological polar surface area (TPSA) is 29.3 Å². The highest BCUT2D eigenvalue weighted by atomic mass is 19.1. The number of piperidine rings is 1. The van der Waals surface area contributed by atoms with E-state index in [2.05, 4.69) is 16.8 Å². The molecule has 2 heterocycles. The van der Waals surface area contributed by atoms with E-state index in [1.807, 2.05) is 6.92 Å². The highest BCUT2D eigenvalue weighted by Gasteiger charge is 2.21. The third-order valence-electron chi connectivity index (χ3n) is 4.30. The van der Waals surface area contributed by atoms with Gasteiger partial charge in [0.1, 0.15) is 17.4 Å². The maximum absolute atomic E-state index is 13.3. The van der Waals surface area contributed by atoms with Crippen LogP contribution in [0.3, 0.4) is 0 Å². The SMILES string of the molecule is Cc1oc(-c2cc(F)cc(F)c2)nc1CN1CCCCC1C. The second-order valence-corrected chi connectivity index (χ2v) is 6.00. The lowest BCUT2D eigenvalue weighted by atomic mass is 10.0. The molecule has 118 valence electrons. The predicted octanol–water partition coefficient (Wildman–Crippen LogP) is 4.30. The molecule has 0 aliphatic carbocycles. The summed E-state index contributed by atoms with van der Waals surface area (Å²) in [5.41, 5.74) is 1.17. The number of rotatable bonds is 3. The zero-order valence-corrected chi connectivity index (χ0v) is 12.9. The minimum atomic E-state index is -0.628. The number of aromatic nitrogens is 1. The third kappa shape index (κ3) is 3.19. The summed E-state index contributed by atoms with van der Waals surface area (Å²) in [4.78, 5) is 6.83. The summed E-state index contributed by atoms with van der Waals surface area (Å²) in [6.07, 6.45) is 3.66. The third-order valence-corrected chi connectivity index (χ3v) is 4.30. The van der Waals surface area contributed by atoms with Crippen molar-refractivity contribution in [2.75, 3.05) is 6.54 Å². The normalized spacial score (nSPS) is 19.5. The van der Waals surface area contributed by atoms with Crippen LogP contribution in [-0.2, 0) is 6.54 Å². The molecule has 3 rings (SSSR count). The number of nitrogens with zero attached hydrogens (tertiary/aromatic N) is 2. The van der Waals surface area contributed by atoms with E-state index in [-0.39, 0.29) is 5.89 Å². The highest BCUT2D eigenvalue weighted by Crippen LogP contribution is 2.26. The fourth-order valence-electron chi connectivity index (χ4n) is 2.96. The zero-order valence-electron chi connectivity index (χ0n) is 12.9. The molecule has 0 amide bonds. The van der Waals surface area contributed by atoms with Crippen LogP contribution < -0.4 is 0 Å². The van der Waals surface area contributed by atoms with E-state index >= 15 is 0 Å². The van der Waals surface area contributed by atoms with Gasteiger partial charge in [-0.2, -0.15) is 0 Å². The molecule has 5 heteroatoms. The number of likely N-dealkylation sites (tertiary alicyclic amines) is 1. The Labute approximate surface area is 129 Å². The summed E-state index contributed by atoms with van der Waals surface area (Å²) in [6.45, 7) is 5.83. The van der Waals surface area contributed by atoms with Gasteiger partial charge >= 0.3 is 0 Å². The second kappa shape index (κ2) is 6.16. The molecule has 0 saturated carbocycles. The number of halogens is 2. The zero-order chi connectivity index (χ0) is 15.7. The van der Waals surface area contributed by atoms with E-state index in [4.69, 9.17) is 4.42 Å². The van der Waals surface area contributed by atoms with Crippen LogP contribution >= 0.6 is 0 Å². The van der Waals surface area contributed by atoms with Gasteiger partial charge in [0.25, 0.3) is 0 Å². The summed E-state index contributed by atoms with van der Waals surface area (Å²) in [7, 11) is 0. The van der Waals surface area contributed by atoms with E-state index in [9.17, 15) is 8.78 Å². The maximum atomic E-state index is 13.3. The first kappa shape index (κ1) is 15.2. The Morgan fingerprint density at radius 1 is 1.23 bits per heavy atom. The van der Waals surface area contributed by atoms with Crippen LogP contribution in [0.5, 0.6) is 0 Å². The molecule has 0 bridgehead atoms. The molecule has 0 radical (unpaired) electrons. The van der Waals surface area contributed by atoms with Gasteiger partial charge in [-0.3, -0.25) is 4.90 Å². The van der Waals surface area contributed by atoms with Crippen LogP contribution in [0.1, 0.15) is 37.6 Å². The summed E-state index contributed by atoms with van der Waals surface area (Å²) in [5.74, 6) is -0.276. The monoisotopic (exact) mass is 306 g/mol. The van der Waals surface area contributed by atoms with Crippen molar-refractivity contribution in [3.63, 3.8) is 0 Å². The fraction of sp³-hybridized carbons (Fsp3) is 0.471. The predicted molar refractivity (Wildman–Crippen MR) is 80.3 cm³/mol. The first-order valence-corrected chi connectivity index (χ1v) is 7.70. The van der Waals surface area contributed by atoms with Gasteiger partial charge in [-0.1, -0.05) is 6.42 Å². The molecular formula is C17H20F2N2O. The van der Waals surface area contributed by atoms with E-state index in [1.165, 1.54) is 31.4 Å². The Balaban J connectivity index is 1.84. The number of hydrogen-bond acceptors (Lipinski definition) is 3. The Kier molecular flexibility index (Phi) is 4.25. The Hall–Kier alpha value is -1.75. The van der Waals surface area contributed by atoms with Crippen LogP contribution in [0.2, 0.25) is 0 Å². The lowest BCUT2D eigenvalue weighted by molar-refractivity contribution is 0.150. The molecule has 1 saturated heterocycles. The molecule has 2 aromatic rings. The largest absolute Gasteiger partial charge is 0.441 e. The van der Waals surface area contributed by atoms with Crippen LogP contribution in [0.25, 0.3) is 11.5 Å². The van der Waals surface area contributed by atoms with Crippen molar-refractivity contribution < 1.29 is 13.2 Å². The molecule has 3 nitrogen and oxygen atoms in total. The summed E-state index contributed by atoms with van der Waals surface area (Å²) in [6, 6.07) is 3.85. The average Bonchev–Trinajstić information content (AvgIpc) is 2.82. The first-order chi connectivity index (χ1) is 10.5. The molecule has 1 aromatic carbocycles. The number of benzene rings is 1. The molecule has 22 heavy (non-hydrogen) atoms. The van der Waals surface area contributed by atoms with Crippen molar-refractivity contribution in [3.05, 3.63) is 41.3 Å².